The number of hydrogen-bond donors (Lipinski definition) is 2. The molecule has 76 valence electrons. The molecule has 2 atom stereocenters. The monoisotopic (exact) mass is 216 g/mol. The molecular formula is C7H18Cl2N2O. The molecule has 1 aliphatic rings. The number of halogens is 2. The van der Waals surface area contributed by atoms with Gasteiger partial charge in [0.05, 0.1) is 6.10 Å². The van der Waals surface area contributed by atoms with Gasteiger partial charge in [-0.05, 0) is 14.0 Å². The fraction of sp³-hybridized carbons (Fsp3) is 1.00. The van der Waals surface area contributed by atoms with Crippen molar-refractivity contribution in [2.75, 3.05) is 26.7 Å². The van der Waals surface area contributed by atoms with Gasteiger partial charge >= 0.3 is 0 Å². The predicted molar refractivity (Wildman–Crippen MR) is 55.6 cm³/mol. The van der Waals surface area contributed by atoms with E-state index < -0.39 is 0 Å². The van der Waals surface area contributed by atoms with Crippen LogP contribution in [0.3, 0.4) is 0 Å². The Bertz CT molecular complexity index is 105. The first kappa shape index (κ1) is 15.0. The van der Waals surface area contributed by atoms with Crippen LogP contribution in [0.2, 0.25) is 0 Å². The number of hydrogen-bond acceptors (Lipinski definition) is 3. The zero-order chi connectivity index (χ0) is 7.40. The number of likely N-dealkylation sites (N-methyl/N-ethyl adjacent to an activating group) is 1. The largest absolute Gasteiger partial charge is 0.376 e. The molecule has 0 radical (unpaired) electrons. The van der Waals surface area contributed by atoms with Gasteiger partial charge in [-0.1, -0.05) is 0 Å². The molecule has 1 rings (SSSR count). The standard InChI is InChI=1S/C7H16N2O.2ClH/c1-3-10-7-5-9-4-6(7)8-2;;/h6-9H,3-5H2,1-2H3;2*1H/t6-,7+;;/m0../s1. The smallest absolute Gasteiger partial charge is 0.0864 e. The Labute approximate surface area is 86.4 Å². The van der Waals surface area contributed by atoms with Crippen LogP contribution in [0.4, 0.5) is 0 Å². The van der Waals surface area contributed by atoms with Gasteiger partial charge in [0.15, 0.2) is 0 Å². The summed E-state index contributed by atoms with van der Waals surface area (Å²) < 4.78 is 5.48. The molecule has 0 aromatic carbocycles. The van der Waals surface area contributed by atoms with Crippen LogP contribution in [0.5, 0.6) is 0 Å². The third-order valence-electron chi connectivity index (χ3n) is 1.91. The van der Waals surface area contributed by atoms with Crippen molar-refractivity contribution in [3.63, 3.8) is 0 Å². The summed E-state index contributed by atoms with van der Waals surface area (Å²) in [6.45, 7) is 4.86. The lowest BCUT2D eigenvalue weighted by Crippen LogP contribution is -2.38. The van der Waals surface area contributed by atoms with E-state index in [-0.39, 0.29) is 24.8 Å². The van der Waals surface area contributed by atoms with Crippen LogP contribution in [-0.4, -0.2) is 38.9 Å². The number of ether oxygens (including phenoxy) is 1. The lowest BCUT2D eigenvalue weighted by molar-refractivity contribution is 0.0605. The molecule has 0 aromatic rings. The summed E-state index contributed by atoms with van der Waals surface area (Å²) in [7, 11) is 1.98. The van der Waals surface area contributed by atoms with Crippen molar-refractivity contribution in [3.05, 3.63) is 0 Å². The van der Waals surface area contributed by atoms with Crippen molar-refractivity contribution in [3.8, 4) is 0 Å². The summed E-state index contributed by atoms with van der Waals surface area (Å²) in [5.74, 6) is 0. The van der Waals surface area contributed by atoms with Crippen LogP contribution in [0, 0.1) is 0 Å². The lowest BCUT2D eigenvalue weighted by atomic mass is 10.2. The number of rotatable bonds is 3. The first-order valence-electron chi connectivity index (χ1n) is 3.88. The van der Waals surface area contributed by atoms with Gasteiger partial charge in [0.25, 0.3) is 0 Å². The Morgan fingerprint density at radius 3 is 2.58 bits per heavy atom. The third kappa shape index (κ3) is 3.92. The number of nitrogens with one attached hydrogen (secondary N) is 2. The summed E-state index contributed by atoms with van der Waals surface area (Å²) in [6.07, 6.45) is 0.370. The second-order valence-electron chi connectivity index (χ2n) is 2.55. The molecule has 5 heteroatoms. The topological polar surface area (TPSA) is 33.3 Å². The maximum absolute atomic E-state index is 5.48. The van der Waals surface area contributed by atoms with Gasteiger partial charge in [-0.15, -0.1) is 24.8 Å². The Morgan fingerprint density at radius 1 is 1.42 bits per heavy atom. The van der Waals surface area contributed by atoms with Gasteiger partial charge in [0.1, 0.15) is 0 Å². The van der Waals surface area contributed by atoms with Gasteiger partial charge < -0.3 is 15.4 Å². The van der Waals surface area contributed by atoms with Gasteiger partial charge in [-0.25, -0.2) is 0 Å². The van der Waals surface area contributed by atoms with Crippen molar-refractivity contribution in [1.29, 1.82) is 0 Å². The SMILES string of the molecule is CCO[C@@H]1CNC[C@@H]1NC.Cl.Cl. The molecular weight excluding hydrogens is 199 g/mol. The van der Waals surface area contributed by atoms with Crippen molar-refractivity contribution in [2.45, 2.75) is 19.1 Å². The molecule has 0 spiro atoms. The quantitative estimate of drug-likeness (QED) is 0.719. The Morgan fingerprint density at radius 2 is 2.08 bits per heavy atom. The van der Waals surface area contributed by atoms with Crippen LogP contribution >= 0.6 is 24.8 Å². The van der Waals surface area contributed by atoms with Crippen LogP contribution < -0.4 is 10.6 Å². The Balaban J connectivity index is 0. The molecule has 12 heavy (non-hydrogen) atoms. The van der Waals surface area contributed by atoms with Crippen molar-refractivity contribution in [2.24, 2.45) is 0 Å². The third-order valence-corrected chi connectivity index (χ3v) is 1.91. The van der Waals surface area contributed by atoms with Crippen LogP contribution in [-0.2, 0) is 4.74 Å². The molecule has 1 saturated heterocycles. The van der Waals surface area contributed by atoms with E-state index in [1.807, 2.05) is 14.0 Å². The summed E-state index contributed by atoms with van der Waals surface area (Å²) >= 11 is 0. The van der Waals surface area contributed by atoms with E-state index in [4.69, 9.17) is 4.74 Å². The second kappa shape index (κ2) is 8.08. The Hall–Kier alpha value is 0.460. The maximum Gasteiger partial charge on any atom is 0.0864 e. The molecule has 0 saturated carbocycles. The molecule has 3 nitrogen and oxygen atoms in total. The molecule has 1 fully saturated rings. The highest BCUT2D eigenvalue weighted by molar-refractivity contribution is 5.85. The van der Waals surface area contributed by atoms with E-state index in [2.05, 4.69) is 10.6 Å². The highest BCUT2D eigenvalue weighted by Crippen LogP contribution is 2.03. The summed E-state index contributed by atoms with van der Waals surface area (Å²) in [6, 6.07) is 0.500. The zero-order valence-electron chi connectivity index (χ0n) is 7.50. The molecule has 0 aliphatic carbocycles. The van der Waals surface area contributed by atoms with Crippen molar-refractivity contribution >= 4 is 24.8 Å². The van der Waals surface area contributed by atoms with E-state index >= 15 is 0 Å². The highest BCUT2D eigenvalue weighted by Gasteiger charge is 2.25. The second-order valence-corrected chi connectivity index (χ2v) is 2.55. The Kier molecular flexibility index (Phi) is 10.1. The average Bonchev–Trinajstić information content (AvgIpc) is 2.36. The molecule has 0 unspecified atom stereocenters. The van der Waals surface area contributed by atoms with Gasteiger partial charge in [-0.3, -0.25) is 0 Å². The van der Waals surface area contributed by atoms with Crippen LogP contribution in [0.15, 0.2) is 0 Å². The van der Waals surface area contributed by atoms with E-state index in [0.29, 0.717) is 12.1 Å². The van der Waals surface area contributed by atoms with E-state index in [1.54, 1.807) is 0 Å². The van der Waals surface area contributed by atoms with Crippen LogP contribution in [0.1, 0.15) is 6.92 Å². The molecule has 1 heterocycles. The molecule has 1 aliphatic heterocycles. The fourth-order valence-electron chi connectivity index (χ4n) is 1.33. The van der Waals surface area contributed by atoms with Crippen LogP contribution in [0.25, 0.3) is 0 Å². The molecule has 0 bridgehead atoms. The zero-order valence-corrected chi connectivity index (χ0v) is 9.13. The van der Waals surface area contributed by atoms with Gasteiger partial charge in [0.2, 0.25) is 0 Å². The fourth-order valence-corrected chi connectivity index (χ4v) is 1.33. The minimum absolute atomic E-state index is 0. The summed E-state index contributed by atoms with van der Waals surface area (Å²) in [5.41, 5.74) is 0. The lowest BCUT2D eigenvalue weighted by Gasteiger charge is -2.16. The predicted octanol–water partition coefficient (Wildman–Crippen LogP) is 0.426. The summed E-state index contributed by atoms with van der Waals surface area (Å²) in [4.78, 5) is 0. The molecule has 0 aromatic heterocycles. The average molecular weight is 217 g/mol. The van der Waals surface area contributed by atoms with E-state index in [0.717, 1.165) is 19.7 Å². The van der Waals surface area contributed by atoms with E-state index in [1.165, 1.54) is 0 Å². The van der Waals surface area contributed by atoms with Crippen molar-refractivity contribution in [1.82, 2.24) is 10.6 Å². The van der Waals surface area contributed by atoms with E-state index in [9.17, 15) is 0 Å². The first-order chi connectivity index (χ1) is 4.88. The van der Waals surface area contributed by atoms with Crippen molar-refractivity contribution < 1.29 is 4.74 Å². The van der Waals surface area contributed by atoms with Gasteiger partial charge in [0, 0.05) is 25.7 Å². The summed E-state index contributed by atoms with van der Waals surface area (Å²) in [5, 5.41) is 6.48. The molecule has 2 N–H and O–H groups in total. The maximum atomic E-state index is 5.48. The minimum Gasteiger partial charge on any atom is -0.376 e. The normalized spacial score (nSPS) is 27.5. The first-order valence-corrected chi connectivity index (χ1v) is 3.88. The minimum atomic E-state index is 0. The highest BCUT2D eigenvalue weighted by atomic mass is 35.5. The molecule has 0 amide bonds. The van der Waals surface area contributed by atoms with Gasteiger partial charge in [-0.2, -0.15) is 0 Å².